The van der Waals surface area contributed by atoms with Crippen molar-refractivity contribution in [2.24, 2.45) is 5.92 Å². The number of fused-ring (bicyclic) bond motifs is 3. The Morgan fingerprint density at radius 3 is 3.26 bits per heavy atom. The third-order valence-electron chi connectivity index (χ3n) is 3.74. The smallest absolute Gasteiger partial charge is 0.274 e. The van der Waals surface area contributed by atoms with Gasteiger partial charge in [0.25, 0.3) is 5.91 Å². The van der Waals surface area contributed by atoms with E-state index in [0.717, 1.165) is 12.0 Å². The van der Waals surface area contributed by atoms with Crippen molar-refractivity contribution in [1.29, 1.82) is 0 Å². The summed E-state index contributed by atoms with van der Waals surface area (Å²) in [5.74, 6) is 0.381. The van der Waals surface area contributed by atoms with E-state index in [1.807, 2.05) is 0 Å². The molecule has 1 saturated carbocycles. The summed E-state index contributed by atoms with van der Waals surface area (Å²) >= 11 is 0. The van der Waals surface area contributed by atoms with E-state index in [1.54, 1.807) is 6.07 Å². The minimum absolute atomic E-state index is 0.0448. The second-order valence-electron chi connectivity index (χ2n) is 4.93. The molecular weight excluding hydrogens is 244 g/mol. The molecule has 1 aromatic heterocycles. The van der Waals surface area contributed by atoms with Gasteiger partial charge in [-0.05, 0) is 18.6 Å². The monoisotopic (exact) mass is 256 g/mol. The van der Waals surface area contributed by atoms with E-state index in [-0.39, 0.29) is 23.5 Å². The largest absolute Gasteiger partial charge is 0.504 e. The van der Waals surface area contributed by atoms with E-state index in [0.29, 0.717) is 11.6 Å². The normalized spacial score (nSPS) is 26.4. The molecule has 19 heavy (non-hydrogen) atoms. The molecule has 3 aliphatic rings. The molecule has 6 nitrogen and oxygen atoms in total. The predicted octanol–water partition coefficient (Wildman–Crippen LogP) is 0.416. The first-order valence-electron chi connectivity index (χ1n) is 6.15. The summed E-state index contributed by atoms with van der Waals surface area (Å²) in [6.07, 6.45) is 4.72. The van der Waals surface area contributed by atoms with Crippen LogP contribution in [-0.4, -0.2) is 22.0 Å². The van der Waals surface area contributed by atoms with Crippen LogP contribution in [0.5, 0.6) is 5.75 Å². The number of rotatable bonds is 2. The minimum atomic E-state index is -0.294. The predicted molar refractivity (Wildman–Crippen MR) is 67.8 cm³/mol. The Balaban J connectivity index is 1.61. The van der Waals surface area contributed by atoms with E-state index < -0.39 is 0 Å². The molecule has 1 aliphatic heterocycles. The molecule has 0 saturated heterocycles. The molecule has 2 unspecified atom stereocenters. The number of nitrogens with zero attached hydrogens (tertiary/aromatic N) is 1. The maximum absolute atomic E-state index is 12.2. The van der Waals surface area contributed by atoms with Crippen LogP contribution < -0.4 is 16.2 Å². The van der Waals surface area contributed by atoms with Crippen LogP contribution in [-0.2, 0) is 4.79 Å². The number of pyridine rings is 1. The Morgan fingerprint density at radius 1 is 1.53 bits per heavy atom. The fourth-order valence-corrected chi connectivity index (χ4v) is 2.68. The molecule has 1 aromatic rings. The first kappa shape index (κ1) is 10.6. The van der Waals surface area contributed by atoms with Crippen LogP contribution in [0.1, 0.15) is 6.42 Å². The highest BCUT2D eigenvalue weighted by molar-refractivity contribution is 6.05. The van der Waals surface area contributed by atoms with Gasteiger partial charge in [-0.2, -0.15) is 0 Å². The van der Waals surface area contributed by atoms with Gasteiger partial charge in [0.05, 0.1) is 6.04 Å². The lowest BCUT2D eigenvalue weighted by Gasteiger charge is -2.07. The maximum Gasteiger partial charge on any atom is 0.274 e. The van der Waals surface area contributed by atoms with E-state index in [2.05, 4.69) is 27.2 Å². The summed E-state index contributed by atoms with van der Waals surface area (Å²) in [4.78, 5) is 16.1. The average Bonchev–Trinajstić information content (AvgIpc) is 2.89. The van der Waals surface area contributed by atoms with Crippen molar-refractivity contribution in [3.63, 3.8) is 0 Å². The van der Waals surface area contributed by atoms with Crippen LogP contribution in [0.2, 0.25) is 0 Å². The van der Waals surface area contributed by atoms with E-state index >= 15 is 0 Å². The van der Waals surface area contributed by atoms with Crippen LogP contribution >= 0.6 is 0 Å². The van der Waals surface area contributed by atoms with Gasteiger partial charge in [-0.3, -0.25) is 4.79 Å². The van der Waals surface area contributed by atoms with Gasteiger partial charge in [-0.15, -0.1) is 0 Å². The number of aromatic hydroxyl groups is 1. The molecule has 0 spiro atoms. The number of hydrogen-bond acceptors (Lipinski definition) is 5. The average molecular weight is 256 g/mol. The summed E-state index contributed by atoms with van der Waals surface area (Å²) in [6.45, 7) is 0. The first-order valence-corrected chi connectivity index (χ1v) is 6.15. The van der Waals surface area contributed by atoms with Crippen LogP contribution in [0.25, 0.3) is 0 Å². The van der Waals surface area contributed by atoms with Crippen molar-refractivity contribution in [1.82, 2.24) is 15.8 Å². The van der Waals surface area contributed by atoms with Gasteiger partial charge in [-0.1, -0.05) is 11.6 Å². The number of hydrogen-bond donors (Lipinski definition) is 4. The molecular formula is C13H12N4O2. The third-order valence-corrected chi connectivity index (χ3v) is 3.74. The molecule has 0 bridgehead atoms. The summed E-state index contributed by atoms with van der Waals surface area (Å²) in [7, 11) is 0. The molecule has 1 fully saturated rings. The standard InChI is InChI=1S/C13H12N4O2/c18-9-2-1-3-14-12(9)15-13(19)11-8-5-6-4-7(6)10(8)16-17-11/h1-3,5,7,10,16-18H,4H2,(H,14,15,19). The lowest BCUT2D eigenvalue weighted by molar-refractivity contribution is -0.113. The highest BCUT2D eigenvalue weighted by atomic mass is 16.3. The van der Waals surface area contributed by atoms with Gasteiger partial charge in [0.1, 0.15) is 5.70 Å². The number of nitrogens with one attached hydrogen (secondary N) is 3. The summed E-state index contributed by atoms with van der Waals surface area (Å²) in [5.41, 5.74) is 8.95. The Kier molecular flexibility index (Phi) is 1.99. The minimum Gasteiger partial charge on any atom is -0.504 e. The number of hydrazine groups is 1. The molecule has 2 aliphatic carbocycles. The van der Waals surface area contributed by atoms with E-state index in [4.69, 9.17) is 0 Å². The van der Waals surface area contributed by atoms with Crippen molar-refractivity contribution >= 4 is 11.7 Å². The van der Waals surface area contributed by atoms with E-state index in [1.165, 1.54) is 17.8 Å². The number of aromatic nitrogens is 1. The lowest BCUT2D eigenvalue weighted by Crippen LogP contribution is -2.35. The van der Waals surface area contributed by atoms with Crippen molar-refractivity contribution in [2.45, 2.75) is 12.5 Å². The van der Waals surface area contributed by atoms with Gasteiger partial charge < -0.3 is 15.8 Å². The molecule has 2 atom stereocenters. The van der Waals surface area contributed by atoms with Crippen molar-refractivity contribution in [2.75, 3.05) is 5.32 Å². The SMILES string of the molecule is O=C(Nc1ncccc1O)C1=C2C=C3CC3C2NN1. The van der Waals surface area contributed by atoms with Crippen LogP contribution in [0, 0.1) is 5.92 Å². The highest BCUT2D eigenvalue weighted by Crippen LogP contribution is 2.50. The molecule has 0 radical (unpaired) electrons. The van der Waals surface area contributed by atoms with Crippen LogP contribution in [0.3, 0.4) is 0 Å². The van der Waals surface area contributed by atoms with Crippen molar-refractivity contribution in [3.8, 4) is 5.75 Å². The van der Waals surface area contributed by atoms with Gasteiger partial charge in [0.15, 0.2) is 11.6 Å². The fourth-order valence-electron chi connectivity index (χ4n) is 2.68. The molecule has 4 N–H and O–H groups in total. The van der Waals surface area contributed by atoms with E-state index in [9.17, 15) is 9.90 Å². The second kappa shape index (κ2) is 3.58. The summed E-state index contributed by atoms with van der Waals surface area (Å²) in [6, 6.07) is 3.30. The zero-order chi connectivity index (χ0) is 13.0. The number of anilines is 1. The molecule has 4 rings (SSSR count). The van der Waals surface area contributed by atoms with Gasteiger partial charge >= 0.3 is 0 Å². The zero-order valence-corrected chi connectivity index (χ0v) is 9.97. The second-order valence-corrected chi connectivity index (χ2v) is 4.93. The van der Waals surface area contributed by atoms with Crippen molar-refractivity contribution < 1.29 is 9.90 Å². The third kappa shape index (κ3) is 1.53. The zero-order valence-electron chi connectivity index (χ0n) is 9.97. The Morgan fingerprint density at radius 2 is 2.42 bits per heavy atom. The number of carbonyl (C=O) groups is 1. The quantitative estimate of drug-likeness (QED) is 0.616. The highest BCUT2D eigenvalue weighted by Gasteiger charge is 2.48. The lowest BCUT2D eigenvalue weighted by atomic mass is 10.1. The molecule has 2 heterocycles. The van der Waals surface area contributed by atoms with Gasteiger partial charge in [0, 0.05) is 17.7 Å². The maximum atomic E-state index is 12.2. The number of amides is 1. The Bertz CT molecular complexity index is 650. The Hall–Kier alpha value is -2.34. The van der Waals surface area contributed by atoms with Crippen molar-refractivity contribution in [3.05, 3.63) is 41.2 Å². The first-order chi connectivity index (χ1) is 9.24. The Labute approximate surface area is 109 Å². The fraction of sp³-hybridized carbons (Fsp3) is 0.231. The van der Waals surface area contributed by atoms with Crippen LogP contribution in [0.15, 0.2) is 41.2 Å². The van der Waals surface area contributed by atoms with Gasteiger partial charge in [-0.25, -0.2) is 10.4 Å². The molecule has 0 aromatic carbocycles. The van der Waals surface area contributed by atoms with Gasteiger partial charge in [0.2, 0.25) is 0 Å². The topological polar surface area (TPSA) is 86.3 Å². The van der Waals surface area contributed by atoms with Crippen LogP contribution in [0.4, 0.5) is 5.82 Å². The molecule has 96 valence electrons. The summed E-state index contributed by atoms with van der Waals surface area (Å²) in [5, 5.41) is 12.2. The number of carbonyl (C=O) groups excluding carboxylic acids is 1. The summed E-state index contributed by atoms with van der Waals surface area (Å²) < 4.78 is 0. The molecule has 1 amide bonds. The molecule has 6 heteroatoms.